The third kappa shape index (κ3) is 5.46. The first-order chi connectivity index (χ1) is 7.97. The zero-order valence-corrected chi connectivity index (χ0v) is 10.4. The maximum absolute atomic E-state index is 11.6. The number of likely N-dealkylation sites (N-methyl/N-ethyl adjacent to an activating group) is 1. The number of hydrogen-bond donors (Lipinski definition) is 2. The fourth-order valence-electron chi connectivity index (χ4n) is 1.33. The fraction of sp³-hybridized carbons (Fsp3) is 0.636. The highest BCUT2D eigenvalue weighted by atomic mass is 16.5. The second-order valence-electron chi connectivity index (χ2n) is 4.26. The van der Waals surface area contributed by atoms with Gasteiger partial charge in [0.15, 0.2) is 0 Å². The van der Waals surface area contributed by atoms with Gasteiger partial charge in [-0.3, -0.25) is 15.0 Å². The third-order valence-electron chi connectivity index (χ3n) is 2.23. The first-order valence-electron chi connectivity index (χ1n) is 5.57. The van der Waals surface area contributed by atoms with Crippen LogP contribution in [0.1, 0.15) is 19.0 Å². The van der Waals surface area contributed by atoms with Gasteiger partial charge in [0.25, 0.3) is 0 Å². The highest BCUT2D eigenvalue weighted by Crippen LogP contribution is 2.07. The van der Waals surface area contributed by atoms with E-state index >= 15 is 0 Å². The molecule has 1 amide bonds. The van der Waals surface area contributed by atoms with Gasteiger partial charge in [-0.2, -0.15) is 0 Å². The molecular weight excluding hydrogens is 222 g/mol. The van der Waals surface area contributed by atoms with Crippen molar-refractivity contribution >= 4 is 11.8 Å². The van der Waals surface area contributed by atoms with Gasteiger partial charge in [-0.15, -0.1) is 0 Å². The lowest BCUT2D eigenvalue weighted by Crippen LogP contribution is -2.31. The second kappa shape index (κ2) is 6.36. The van der Waals surface area contributed by atoms with E-state index in [9.17, 15) is 4.79 Å². The molecule has 6 heteroatoms. The summed E-state index contributed by atoms with van der Waals surface area (Å²) in [6.45, 7) is 4.44. The molecule has 1 atom stereocenters. The van der Waals surface area contributed by atoms with Gasteiger partial charge >= 0.3 is 0 Å². The summed E-state index contributed by atoms with van der Waals surface area (Å²) >= 11 is 0. The number of hydrogen-bond acceptors (Lipinski definition) is 5. The molecule has 0 fully saturated rings. The maximum Gasteiger partial charge on any atom is 0.240 e. The van der Waals surface area contributed by atoms with Crippen molar-refractivity contribution in [1.29, 1.82) is 0 Å². The van der Waals surface area contributed by atoms with Gasteiger partial charge in [-0.1, -0.05) is 5.16 Å². The SMILES string of the molecule is Cc1cc(NC(=O)CN(C)CCC(C)O)on1. The molecule has 0 radical (unpaired) electrons. The number of aryl methyl sites for hydroxylation is 1. The molecule has 0 aromatic carbocycles. The van der Waals surface area contributed by atoms with E-state index in [-0.39, 0.29) is 18.6 Å². The van der Waals surface area contributed by atoms with Crippen LogP contribution in [-0.4, -0.2) is 47.3 Å². The third-order valence-corrected chi connectivity index (χ3v) is 2.23. The van der Waals surface area contributed by atoms with Crippen LogP contribution in [0.3, 0.4) is 0 Å². The van der Waals surface area contributed by atoms with Crippen molar-refractivity contribution in [2.75, 3.05) is 25.5 Å². The van der Waals surface area contributed by atoms with Crippen LogP contribution >= 0.6 is 0 Å². The van der Waals surface area contributed by atoms with Crippen molar-refractivity contribution in [3.05, 3.63) is 11.8 Å². The number of carbonyl (C=O) groups excluding carboxylic acids is 1. The lowest BCUT2D eigenvalue weighted by molar-refractivity contribution is -0.117. The van der Waals surface area contributed by atoms with Crippen LogP contribution in [0.5, 0.6) is 0 Å². The van der Waals surface area contributed by atoms with Gasteiger partial charge in [-0.05, 0) is 27.3 Å². The molecule has 96 valence electrons. The number of nitrogens with zero attached hydrogens (tertiary/aromatic N) is 2. The van der Waals surface area contributed by atoms with Gasteiger partial charge in [0.1, 0.15) is 0 Å². The first-order valence-corrected chi connectivity index (χ1v) is 5.57. The molecule has 0 spiro atoms. The van der Waals surface area contributed by atoms with E-state index in [1.54, 1.807) is 19.9 Å². The van der Waals surface area contributed by atoms with Crippen molar-refractivity contribution in [2.24, 2.45) is 0 Å². The number of aromatic nitrogens is 1. The fourth-order valence-corrected chi connectivity index (χ4v) is 1.33. The zero-order valence-electron chi connectivity index (χ0n) is 10.4. The number of aliphatic hydroxyl groups is 1. The summed E-state index contributed by atoms with van der Waals surface area (Å²) in [5.74, 6) is 0.200. The van der Waals surface area contributed by atoms with Gasteiger partial charge in [0, 0.05) is 12.6 Å². The summed E-state index contributed by atoms with van der Waals surface area (Å²) in [7, 11) is 1.83. The average Bonchev–Trinajstić information content (AvgIpc) is 2.60. The van der Waals surface area contributed by atoms with Crippen molar-refractivity contribution in [1.82, 2.24) is 10.1 Å². The predicted octanol–water partition coefficient (Wildman–Crippen LogP) is 0.624. The standard InChI is InChI=1S/C11H19N3O3/c1-8-6-11(17-13-8)12-10(16)7-14(3)5-4-9(2)15/h6,9,15H,4-5,7H2,1-3H3,(H,12,16). The lowest BCUT2D eigenvalue weighted by Gasteiger charge is -2.16. The molecule has 2 N–H and O–H groups in total. The Balaban J connectivity index is 2.29. The Kier molecular flexibility index (Phi) is 5.11. The highest BCUT2D eigenvalue weighted by Gasteiger charge is 2.10. The van der Waals surface area contributed by atoms with Crippen molar-refractivity contribution in [3.8, 4) is 0 Å². The summed E-state index contributed by atoms with van der Waals surface area (Å²) in [6.07, 6.45) is 0.294. The molecule has 0 bridgehead atoms. The monoisotopic (exact) mass is 241 g/mol. The number of amides is 1. The van der Waals surface area contributed by atoms with Crippen LogP contribution in [-0.2, 0) is 4.79 Å². The summed E-state index contributed by atoms with van der Waals surface area (Å²) in [4.78, 5) is 13.4. The molecule has 1 rings (SSSR count). The lowest BCUT2D eigenvalue weighted by atomic mass is 10.3. The van der Waals surface area contributed by atoms with Crippen molar-refractivity contribution < 1.29 is 14.4 Å². The highest BCUT2D eigenvalue weighted by molar-refractivity contribution is 5.90. The molecule has 0 aliphatic rings. The molecule has 1 unspecified atom stereocenters. The molecule has 1 aromatic heterocycles. The van der Waals surface area contributed by atoms with Gasteiger partial charge < -0.3 is 9.63 Å². The Morgan fingerprint density at radius 3 is 2.94 bits per heavy atom. The minimum atomic E-state index is -0.350. The summed E-state index contributed by atoms with van der Waals surface area (Å²) in [5.41, 5.74) is 0.725. The topological polar surface area (TPSA) is 78.6 Å². The Labute approximate surface area is 101 Å². The van der Waals surface area contributed by atoms with Gasteiger partial charge in [0.05, 0.1) is 18.3 Å². The number of carbonyl (C=O) groups is 1. The van der Waals surface area contributed by atoms with Gasteiger partial charge in [-0.25, -0.2) is 0 Å². The first kappa shape index (κ1) is 13.7. The number of anilines is 1. The number of nitrogens with one attached hydrogen (secondary N) is 1. The van der Waals surface area contributed by atoms with E-state index < -0.39 is 0 Å². The van der Waals surface area contributed by atoms with E-state index in [0.29, 0.717) is 18.8 Å². The van der Waals surface area contributed by atoms with Crippen LogP contribution in [0.15, 0.2) is 10.6 Å². The molecule has 0 aliphatic carbocycles. The molecule has 0 saturated heterocycles. The Morgan fingerprint density at radius 2 is 2.41 bits per heavy atom. The predicted molar refractivity (Wildman–Crippen MR) is 63.7 cm³/mol. The minimum absolute atomic E-state index is 0.158. The molecule has 17 heavy (non-hydrogen) atoms. The summed E-state index contributed by atoms with van der Waals surface area (Å²) < 4.78 is 4.87. The van der Waals surface area contributed by atoms with E-state index in [1.807, 2.05) is 11.9 Å². The van der Waals surface area contributed by atoms with Crippen LogP contribution in [0, 0.1) is 6.92 Å². The molecular formula is C11H19N3O3. The van der Waals surface area contributed by atoms with E-state index in [1.165, 1.54) is 0 Å². The molecule has 0 aliphatic heterocycles. The maximum atomic E-state index is 11.6. The second-order valence-corrected chi connectivity index (χ2v) is 4.26. The summed E-state index contributed by atoms with van der Waals surface area (Å²) in [5, 5.41) is 15.4. The molecule has 0 saturated carbocycles. The Morgan fingerprint density at radius 1 is 1.71 bits per heavy atom. The molecule has 6 nitrogen and oxygen atoms in total. The Hall–Kier alpha value is -1.40. The van der Waals surface area contributed by atoms with Crippen LogP contribution < -0.4 is 5.32 Å². The minimum Gasteiger partial charge on any atom is -0.393 e. The molecule has 1 heterocycles. The van der Waals surface area contributed by atoms with Crippen LogP contribution in [0.4, 0.5) is 5.88 Å². The quantitative estimate of drug-likeness (QED) is 0.763. The van der Waals surface area contributed by atoms with Crippen LogP contribution in [0.2, 0.25) is 0 Å². The van der Waals surface area contributed by atoms with Gasteiger partial charge in [0.2, 0.25) is 11.8 Å². The largest absolute Gasteiger partial charge is 0.393 e. The Bertz CT molecular complexity index is 363. The number of rotatable bonds is 6. The van der Waals surface area contributed by atoms with E-state index in [2.05, 4.69) is 10.5 Å². The normalized spacial score (nSPS) is 12.8. The average molecular weight is 241 g/mol. The van der Waals surface area contributed by atoms with Crippen molar-refractivity contribution in [3.63, 3.8) is 0 Å². The smallest absolute Gasteiger partial charge is 0.240 e. The van der Waals surface area contributed by atoms with E-state index in [0.717, 1.165) is 5.69 Å². The van der Waals surface area contributed by atoms with Crippen LogP contribution in [0.25, 0.3) is 0 Å². The van der Waals surface area contributed by atoms with E-state index in [4.69, 9.17) is 9.63 Å². The summed E-state index contributed by atoms with van der Waals surface area (Å²) in [6, 6.07) is 1.66. The molecule has 1 aromatic rings. The van der Waals surface area contributed by atoms with Crippen molar-refractivity contribution in [2.45, 2.75) is 26.4 Å². The number of aliphatic hydroxyl groups excluding tert-OH is 1. The zero-order chi connectivity index (χ0) is 12.8.